The van der Waals surface area contributed by atoms with Gasteiger partial charge >= 0.3 is 0 Å². The van der Waals surface area contributed by atoms with Gasteiger partial charge in [0, 0.05) is 12.3 Å². The number of nitrogens with one attached hydrogen (secondary N) is 1. The van der Waals surface area contributed by atoms with Crippen LogP contribution in [0.1, 0.15) is 0 Å². The fraction of sp³-hybridized carbons (Fsp3) is 0.0833. The van der Waals surface area contributed by atoms with Crippen LogP contribution in [0.25, 0.3) is 0 Å². The van der Waals surface area contributed by atoms with Crippen LogP contribution in [0.15, 0.2) is 36.7 Å². The van der Waals surface area contributed by atoms with Gasteiger partial charge in [0.15, 0.2) is 0 Å². The first-order chi connectivity index (χ1) is 8.19. The van der Waals surface area contributed by atoms with E-state index in [1.54, 1.807) is 24.5 Å². The summed E-state index contributed by atoms with van der Waals surface area (Å²) in [5.41, 5.74) is 7.54. The summed E-state index contributed by atoms with van der Waals surface area (Å²) in [6.45, 7) is 0. The van der Waals surface area contributed by atoms with Crippen molar-refractivity contribution < 1.29 is 9.13 Å². The molecule has 4 nitrogen and oxygen atoms in total. The highest BCUT2D eigenvalue weighted by atomic mass is 19.1. The molecule has 5 heteroatoms. The van der Waals surface area contributed by atoms with E-state index in [1.165, 1.54) is 19.2 Å². The summed E-state index contributed by atoms with van der Waals surface area (Å²) in [5.74, 6) is 0.0746. The number of hydrogen-bond donors (Lipinski definition) is 2. The van der Waals surface area contributed by atoms with Crippen LogP contribution < -0.4 is 15.8 Å². The Morgan fingerprint density at radius 1 is 1.29 bits per heavy atom. The zero-order valence-corrected chi connectivity index (χ0v) is 9.27. The maximum Gasteiger partial charge on any atom is 0.145 e. The van der Waals surface area contributed by atoms with E-state index in [0.29, 0.717) is 17.1 Å². The Kier molecular flexibility index (Phi) is 3.09. The summed E-state index contributed by atoms with van der Waals surface area (Å²) >= 11 is 0. The molecule has 0 aliphatic rings. The van der Waals surface area contributed by atoms with Crippen LogP contribution in [-0.2, 0) is 0 Å². The van der Waals surface area contributed by atoms with Gasteiger partial charge in [-0.1, -0.05) is 0 Å². The average Bonchev–Trinajstić information content (AvgIpc) is 2.31. The minimum absolute atomic E-state index is 0.349. The summed E-state index contributed by atoms with van der Waals surface area (Å²) < 4.78 is 18.1. The van der Waals surface area contributed by atoms with Gasteiger partial charge in [-0.05, 0) is 18.2 Å². The summed E-state index contributed by atoms with van der Waals surface area (Å²) in [4.78, 5) is 3.95. The van der Waals surface area contributed by atoms with Crippen LogP contribution in [0.2, 0.25) is 0 Å². The number of rotatable bonds is 3. The van der Waals surface area contributed by atoms with Gasteiger partial charge in [-0.15, -0.1) is 0 Å². The largest absolute Gasteiger partial charge is 0.494 e. The Morgan fingerprint density at radius 3 is 2.82 bits per heavy atom. The summed E-state index contributed by atoms with van der Waals surface area (Å²) in [7, 11) is 1.48. The molecule has 88 valence electrons. The molecule has 1 heterocycles. The third-order valence-electron chi connectivity index (χ3n) is 2.20. The van der Waals surface area contributed by atoms with E-state index in [0.717, 1.165) is 5.69 Å². The SMILES string of the molecule is COc1cc(F)ccc1Nc1cncc(N)c1. The minimum atomic E-state index is -0.349. The smallest absolute Gasteiger partial charge is 0.145 e. The molecule has 0 aliphatic heterocycles. The monoisotopic (exact) mass is 233 g/mol. The fourth-order valence-electron chi connectivity index (χ4n) is 1.45. The van der Waals surface area contributed by atoms with E-state index in [9.17, 15) is 4.39 Å². The number of halogens is 1. The number of nitrogens with zero attached hydrogens (tertiary/aromatic N) is 1. The van der Waals surface area contributed by atoms with Crippen molar-refractivity contribution in [2.75, 3.05) is 18.2 Å². The highest BCUT2D eigenvalue weighted by molar-refractivity contribution is 5.67. The van der Waals surface area contributed by atoms with Crippen LogP contribution in [0.4, 0.5) is 21.5 Å². The number of methoxy groups -OCH3 is 1. The molecule has 2 rings (SSSR count). The molecule has 2 aromatic rings. The Morgan fingerprint density at radius 2 is 2.12 bits per heavy atom. The van der Waals surface area contributed by atoms with Crippen LogP contribution in [0, 0.1) is 5.82 Å². The Labute approximate surface area is 98.2 Å². The van der Waals surface area contributed by atoms with Gasteiger partial charge in [0.05, 0.1) is 30.4 Å². The lowest BCUT2D eigenvalue weighted by atomic mass is 10.2. The molecule has 1 aromatic carbocycles. The standard InChI is InChI=1S/C12H12FN3O/c1-17-12-4-8(13)2-3-11(12)16-10-5-9(14)6-15-7-10/h2-7,16H,14H2,1H3. The average molecular weight is 233 g/mol. The van der Waals surface area contributed by atoms with Gasteiger partial charge in [0.2, 0.25) is 0 Å². The first-order valence-electron chi connectivity index (χ1n) is 5.00. The van der Waals surface area contributed by atoms with Crippen molar-refractivity contribution in [2.45, 2.75) is 0 Å². The molecule has 0 amide bonds. The molecule has 3 N–H and O–H groups in total. The van der Waals surface area contributed by atoms with Crippen LogP contribution >= 0.6 is 0 Å². The van der Waals surface area contributed by atoms with Gasteiger partial charge in [0.25, 0.3) is 0 Å². The van der Waals surface area contributed by atoms with Crippen molar-refractivity contribution in [1.82, 2.24) is 4.98 Å². The van der Waals surface area contributed by atoms with E-state index < -0.39 is 0 Å². The molecule has 0 saturated heterocycles. The van der Waals surface area contributed by atoms with Gasteiger partial charge < -0.3 is 15.8 Å². The van der Waals surface area contributed by atoms with Crippen LogP contribution in [0.5, 0.6) is 5.75 Å². The van der Waals surface area contributed by atoms with Crippen LogP contribution in [0.3, 0.4) is 0 Å². The molecular weight excluding hydrogens is 221 g/mol. The fourth-order valence-corrected chi connectivity index (χ4v) is 1.45. The molecular formula is C12H12FN3O. The van der Waals surface area contributed by atoms with Crippen molar-refractivity contribution in [3.05, 3.63) is 42.5 Å². The molecule has 0 radical (unpaired) electrons. The van der Waals surface area contributed by atoms with E-state index in [-0.39, 0.29) is 5.82 Å². The first-order valence-corrected chi connectivity index (χ1v) is 5.00. The summed E-state index contributed by atoms with van der Waals surface area (Å²) in [6.07, 6.45) is 3.17. The second-order valence-corrected chi connectivity index (χ2v) is 3.48. The number of nitrogens with two attached hydrogens (primary N) is 1. The van der Waals surface area contributed by atoms with Crippen molar-refractivity contribution in [1.29, 1.82) is 0 Å². The third-order valence-corrected chi connectivity index (χ3v) is 2.20. The van der Waals surface area contributed by atoms with Crippen molar-refractivity contribution in [2.24, 2.45) is 0 Å². The van der Waals surface area contributed by atoms with Gasteiger partial charge in [-0.3, -0.25) is 4.98 Å². The topological polar surface area (TPSA) is 60.2 Å². The van der Waals surface area contributed by atoms with E-state index >= 15 is 0 Å². The number of nitrogen functional groups attached to an aromatic ring is 1. The maximum absolute atomic E-state index is 13.0. The summed E-state index contributed by atoms with van der Waals surface area (Å²) in [5, 5.41) is 3.06. The predicted molar refractivity (Wildman–Crippen MR) is 64.9 cm³/mol. The van der Waals surface area contributed by atoms with Gasteiger partial charge in [0.1, 0.15) is 11.6 Å². The van der Waals surface area contributed by atoms with E-state index in [2.05, 4.69) is 10.3 Å². The second-order valence-electron chi connectivity index (χ2n) is 3.48. The first kappa shape index (κ1) is 11.2. The van der Waals surface area contributed by atoms with Crippen molar-refractivity contribution in [3.8, 4) is 5.75 Å². The number of benzene rings is 1. The molecule has 0 unspecified atom stereocenters. The molecule has 0 spiro atoms. The molecule has 0 fully saturated rings. The molecule has 17 heavy (non-hydrogen) atoms. The second kappa shape index (κ2) is 4.69. The third kappa shape index (κ3) is 2.63. The summed E-state index contributed by atoms with van der Waals surface area (Å²) in [6, 6.07) is 5.99. The molecule has 0 saturated carbocycles. The normalized spacial score (nSPS) is 10.0. The van der Waals surface area contributed by atoms with Crippen LogP contribution in [-0.4, -0.2) is 12.1 Å². The number of anilines is 3. The van der Waals surface area contributed by atoms with E-state index in [4.69, 9.17) is 10.5 Å². The predicted octanol–water partition coefficient (Wildman–Crippen LogP) is 2.56. The van der Waals surface area contributed by atoms with E-state index in [1.807, 2.05) is 0 Å². The highest BCUT2D eigenvalue weighted by Gasteiger charge is 2.05. The Hall–Kier alpha value is -2.30. The Bertz CT molecular complexity index is 531. The van der Waals surface area contributed by atoms with Crippen molar-refractivity contribution >= 4 is 17.1 Å². The zero-order chi connectivity index (χ0) is 12.3. The number of hydrogen-bond acceptors (Lipinski definition) is 4. The number of ether oxygens (including phenoxy) is 1. The number of aromatic nitrogens is 1. The Balaban J connectivity index is 2.29. The zero-order valence-electron chi connectivity index (χ0n) is 9.27. The molecule has 0 aliphatic carbocycles. The molecule has 0 atom stereocenters. The maximum atomic E-state index is 13.0. The number of pyridine rings is 1. The highest BCUT2D eigenvalue weighted by Crippen LogP contribution is 2.28. The van der Waals surface area contributed by atoms with Gasteiger partial charge in [-0.25, -0.2) is 4.39 Å². The lowest BCUT2D eigenvalue weighted by Gasteiger charge is -2.11. The minimum Gasteiger partial charge on any atom is -0.494 e. The molecule has 0 bridgehead atoms. The lowest BCUT2D eigenvalue weighted by molar-refractivity contribution is 0.413. The quantitative estimate of drug-likeness (QED) is 0.855. The van der Waals surface area contributed by atoms with Crippen molar-refractivity contribution in [3.63, 3.8) is 0 Å². The van der Waals surface area contributed by atoms with Gasteiger partial charge in [-0.2, -0.15) is 0 Å². The lowest BCUT2D eigenvalue weighted by Crippen LogP contribution is -1.97. The molecule has 1 aromatic heterocycles.